The molecule has 1 aromatic heterocycles. The van der Waals surface area contributed by atoms with Crippen LogP contribution in [0.15, 0.2) is 65.9 Å². The lowest BCUT2D eigenvalue weighted by Gasteiger charge is -2.43. The van der Waals surface area contributed by atoms with Crippen molar-refractivity contribution in [2.45, 2.75) is 44.2 Å². The average Bonchev–Trinajstić information content (AvgIpc) is 3.08. The van der Waals surface area contributed by atoms with E-state index >= 15 is 0 Å². The number of nitrogens with zero attached hydrogens (tertiary/aromatic N) is 6. The number of oxime groups is 1. The lowest BCUT2D eigenvalue weighted by molar-refractivity contribution is -0.615. The van der Waals surface area contributed by atoms with Crippen LogP contribution < -0.4 is 4.73 Å². The Balaban J connectivity index is 1.24. The van der Waals surface area contributed by atoms with Crippen LogP contribution >= 0.6 is 46.4 Å². The highest BCUT2D eigenvalue weighted by Crippen LogP contribution is 2.31. The van der Waals surface area contributed by atoms with Crippen LogP contribution in [0.3, 0.4) is 0 Å². The molecular weight excluding hydrogens is 710 g/mol. The maximum Gasteiger partial charge on any atom is 0.320 e. The molecule has 0 saturated carbocycles. The van der Waals surface area contributed by atoms with Gasteiger partial charge >= 0.3 is 6.03 Å². The van der Waals surface area contributed by atoms with Gasteiger partial charge in [-0.15, -0.1) is 0 Å². The highest BCUT2D eigenvalue weighted by molar-refractivity contribution is 6.42. The Labute approximate surface area is 307 Å². The zero-order valence-corrected chi connectivity index (χ0v) is 30.6. The zero-order valence-electron chi connectivity index (χ0n) is 27.5. The van der Waals surface area contributed by atoms with Crippen LogP contribution in [0.4, 0.5) is 4.79 Å². The van der Waals surface area contributed by atoms with E-state index in [1.165, 1.54) is 13.3 Å². The van der Waals surface area contributed by atoms with Crippen molar-refractivity contribution in [1.29, 1.82) is 0 Å². The monoisotopic (exact) mass is 748 g/mol. The SMILES string of the molecule is CO/N=C(\CN(C)C(=O)c1cc(Cl)cc(Cl)c1)C(CCN1CCC(N2CCCN(Cc3cccc[n+]3[O-])C2=O)CC1)c1ccc(Cl)c(Cl)c1. The van der Waals surface area contributed by atoms with Gasteiger partial charge in [0, 0.05) is 72.9 Å². The van der Waals surface area contributed by atoms with Gasteiger partial charge in [0.1, 0.15) is 13.7 Å². The number of aromatic nitrogens is 1. The van der Waals surface area contributed by atoms with Crippen LogP contribution in [0.5, 0.6) is 0 Å². The molecule has 0 spiro atoms. The maximum atomic E-state index is 13.5. The molecular formula is C35H40Cl4N6O4. The number of urea groups is 1. The summed E-state index contributed by atoms with van der Waals surface area (Å²) in [6, 6.07) is 15.7. The average molecular weight is 751 g/mol. The van der Waals surface area contributed by atoms with Crippen molar-refractivity contribution in [1.82, 2.24) is 19.6 Å². The molecule has 0 N–H and O–H groups in total. The quantitative estimate of drug-likeness (QED) is 0.0863. The van der Waals surface area contributed by atoms with Gasteiger partial charge in [-0.2, -0.15) is 4.73 Å². The standard InChI is InChI=1S/C35H40Cl4N6O4/c1-41(34(46)25-18-26(36)21-27(37)19-25)23-33(40-49-2)30(24-7-8-31(38)32(39)20-24)11-17-42-15-9-28(10-16-42)44-13-5-12-43(35(44)47)22-29-6-3-4-14-45(29)48/h3-4,6-8,14,18-21,28,30H,5,9-13,15-17,22-23H2,1-2H3/b40-33+. The number of carbonyl (C=O) groups is 2. The number of benzene rings is 2. The van der Waals surface area contributed by atoms with Crippen LogP contribution in [0.1, 0.15) is 53.2 Å². The second kappa shape index (κ2) is 17.1. The minimum atomic E-state index is -0.259. The minimum absolute atomic E-state index is 0.00707. The molecule has 1 unspecified atom stereocenters. The summed E-state index contributed by atoms with van der Waals surface area (Å²) in [5.41, 5.74) is 2.49. The summed E-state index contributed by atoms with van der Waals surface area (Å²) in [5, 5.41) is 18.2. The van der Waals surface area contributed by atoms with Gasteiger partial charge in [-0.05, 0) is 74.2 Å². The molecule has 3 aromatic rings. The van der Waals surface area contributed by atoms with Crippen LogP contribution in [0.25, 0.3) is 0 Å². The van der Waals surface area contributed by atoms with E-state index in [1.807, 2.05) is 23.1 Å². The van der Waals surface area contributed by atoms with Crippen molar-refractivity contribution < 1.29 is 19.2 Å². The molecule has 10 nitrogen and oxygen atoms in total. The molecule has 2 aromatic carbocycles. The third-order valence-corrected chi connectivity index (χ3v) is 10.3. The zero-order chi connectivity index (χ0) is 35.1. The smallest absolute Gasteiger partial charge is 0.320 e. The fourth-order valence-corrected chi connectivity index (χ4v) is 7.46. The summed E-state index contributed by atoms with van der Waals surface area (Å²) in [4.78, 5) is 39.9. The van der Waals surface area contributed by atoms with Crippen molar-refractivity contribution in [2.75, 3.05) is 53.4 Å². The summed E-state index contributed by atoms with van der Waals surface area (Å²) in [6.07, 6.45) is 4.71. The van der Waals surface area contributed by atoms with E-state index in [1.54, 1.807) is 53.2 Å². The molecule has 2 aliphatic rings. The molecule has 0 radical (unpaired) electrons. The van der Waals surface area contributed by atoms with Crippen molar-refractivity contribution in [2.24, 2.45) is 5.16 Å². The molecule has 49 heavy (non-hydrogen) atoms. The minimum Gasteiger partial charge on any atom is -0.618 e. The largest absolute Gasteiger partial charge is 0.618 e. The third kappa shape index (κ3) is 9.49. The van der Waals surface area contributed by atoms with Gasteiger partial charge in [-0.1, -0.05) is 57.6 Å². The second-order valence-electron chi connectivity index (χ2n) is 12.4. The fraction of sp³-hybridized carbons (Fsp3) is 0.429. The summed E-state index contributed by atoms with van der Waals surface area (Å²) in [5.74, 6) is -0.491. The molecule has 0 aliphatic carbocycles. The Morgan fingerprint density at radius 2 is 1.76 bits per heavy atom. The second-order valence-corrected chi connectivity index (χ2v) is 14.1. The first kappa shape index (κ1) is 37.0. The van der Waals surface area contributed by atoms with Gasteiger partial charge in [-0.25, -0.2) is 4.79 Å². The predicted octanol–water partition coefficient (Wildman–Crippen LogP) is 6.97. The Kier molecular flexibility index (Phi) is 12.9. The number of likely N-dealkylation sites (tertiary alicyclic amines) is 1. The van der Waals surface area contributed by atoms with Crippen molar-refractivity contribution in [3.8, 4) is 0 Å². The van der Waals surface area contributed by atoms with Gasteiger partial charge < -0.3 is 29.6 Å². The third-order valence-electron chi connectivity index (χ3n) is 9.14. The molecule has 3 amide bonds. The molecule has 5 rings (SSSR count). The summed E-state index contributed by atoms with van der Waals surface area (Å²) >= 11 is 25.1. The van der Waals surface area contributed by atoms with Gasteiger partial charge in [0.2, 0.25) is 5.69 Å². The molecule has 3 heterocycles. The van der Waals surface area contributed by atoms with Crippen LogP contribution in [-0.2, 0) is 11.4 Å². The molecule has 14 heteroatoms. The van der Waals surface area contributed by atoms with Gasteiger partial charge in [0.25, 0.3) is 5.91 Å². The molecule has 2 saturated heterocycles. The first-order valence-electron chi connectivity index (χ1n) is 16.3. The van der Waals surface area contributed by atoms with E-state index in [-0.39, 0.29) is 30.4 Å². The number of rotatable bonds is 12. The number of amides is 3. The molecule has 1 atom stereocenters. The van der Waals surface area contributed by atoms with Crippen LogP contribution in [0.2, 0.25) is 20.1 Å². The van der Waals surface area contributed by atoms with E-state index in [0.29, 0.717) is 56.6 Å². The van der Waals surface area contributed by atoms with E-state index in [9.17, 15) is 14.8 Å². The first-order chi connectivity index (χ1) is 23.5. The summed E-state index contributed by atoms with van der Waals surface area (Å²) in [7, 11) is 3.18. The number of piperidine rings is 1. The van der Waals surface area contributed by atoms with Crippen molar-refractivity contribution >= 4 is 64.1 Å². The highest BCUT2D eigenvalue weighted by atomic mass is 35.5. The van der Waals surface area contributed by atoms with E-state index in [2.05, 4.69) is 10.1 Å². The number of halogens is 4. The number of pyridine rings is 1. The summed E-state index contributed by atoms with van der Waals surface area (Å²) < 4.78 is 0.823. The van der Waals surface area contributed by atoms with E-state index in [0.717, 1.165) is 55.7 Å². The van der Waals surface area contributed by atoms with Gasteiger partial charge in [0.05, 0.1) is 22.3 Å². The number of hydrogen-bond donors (Lipinski definition) is 0. The lowest BCUT2D eigenvalue weighted by Crippen LogP contribution is -2.56. The predicted molar refractivity (Wildman–Crippen MR) is 194 cm³/mol. The Morgan fingerprint density at radius 1 is 1.02 bits per heavy atom. The lowest BCUT2D eigenvalue weighted by atomic mass is 9.89. The summed E-state index contributed by atoms with van der Waals surface area (Å²) in [6.45, 7) is 4.24. The molecule has 2 fully saturated rings. The molecule has 0 bridgehead atoms. The number of carbonyl (C=O) groups excluding carboxylic acids is 2. The Morgan fingerprint density at radius 3 is 2.43 bits per heavy atom. The van der Waals surface area contributed by atoms with Crippen LogP contribution in [-0.4, -0.2) is 96.7 Å². The number of hydrogen-bond acceptors (Lipinski definition) is 6. The Bertz CT molecular complexity index is 1650. The van der Waals surface area contributed by atoms with Crippen LogP contribution in [0, 0.1) is 5.21 Å². The van der Waals surface area contributed by atoms with Crippen molar-refractivity contribution in [3.63, 3.8) is 0 Å². The van der Waals surface area contributed by atoms with E-state index in [4.69, 9.17) is 51.2 Å². The highest BCUT2D eigenvalue weighted by Gasteiger charge is 2.34. The molecule has 262 valence electrons. The van der Waals surface area contributed by atoms with Gasteiger partial charge in [0.15, 0.2) is 6.20 Å². The fourth-order valence-electron chi connectivity index (χ4n) is 6.63. The van der Waals surface area contributed by atoms with E-state index < -0.39 is 0 Å². The first-order valence-corrected chi connectivity index (χ1v) is 17.8. The normalized spacial score (nSPS) is 16.9. The van der Waals surface area contributed by atoms with Gasteiger partial charge in [-0.3, -0.25) is 4.79 Å². The Hall–Kier alpha value is -3.28. The van der Waals surface area contributed by atoms with Crippen molar-refractivity contribution in [3.05, 3.63) is 103 Å². The molecule has 2 aliphatic heterocycles. The topological polar surface area (TPSA) is 95.6 Å². The maximum absolute atomic E-state index is 13.5.